The van der Waals surface area contributed by atoms with Crippen molar-refractivity contribution in [1.29, 1.82) is 0 Å². The number of nitrogens with one attached hydrogen (secondary N) is 1. The Balaban J connectivity index is 1.53. The summed E-state index contributed by atoms with van der Waals surface area (Å²) in [6, 6.07) is 0.883. The van der Waals surface area contributed by atoms with Gasteiger partial charge in [0.2, 0.25) is 0 Å². The van der Waals surface area contributed by atoms with Gasteiger partial charge in [-0.05, 0) is 57.0 Å². The van der Waals surface area contributed by atoms with E-state index in [1.807, 2.05) is 0 Å². The summed E-state index contributed by atoms with van der Waals surface area (Å²) in [7, 11) is 0. The normalized spacial score (nSPS) is 29.6. The zero-order valence-electron chi connectivity index (χ0n) is 11.2. The Bertz CT molecular complexity index is 235. The van der Waals surface area contributed by atoms with Gasteiger partial charge in [-0.2, -0.15) is 0 Å². The van der Waals surface area contributed by atoms with Crippen molar-refractivity contribution in [3.8, 4) is 0 Å². The van der Waals surface area contributed by atoms with Crippen LogP contribution in [0.15, 0.2) is 0 Å². The molecule has 0 unspecified atom stereocenters. The van der Waals surface area contributed by atoms with Gasteiger partial charge in [0.15, 0.2) is 0 Å². The van der Waals surface area contributed by atoms with Crippen LogP contribution in [0.5, 0.6) is 0 Å². The van der Waals surface area contributed by atoms with Crippen molar-refractivity contribution in [2.45, 2.75) is 63.8 Å². The second kappa shape index (κ2) is 5.27. The van der Waals surface area contributed by atoms with Crippen molar-refractivity contribution in [3.63, 3.8) is 0 Å². The summed E-state index contributed by atoms with van der Waals surface area (Å²) in [6.45, 7) is 5.41. The molecular formula is C15H28N2. The molecule has 2 aliphatic carbocycles. The SMILES string of the molecule is C1CCN(CC2(CNC3CC3)CCCC2)CC1. The zero-order chi connectivity index (χ0) is 11.6. The van der Waals surface area contributed by atoms with E-state index in [4.69, 9.17) is 0 Å². The monoisotopic (exact) mass is 236 g/mol. The first kappa shape index (κ1) is 12.0. The van der Waals surface area contributed by atoms with Crippen molar-refractivity contribution >= 4 is 0 Å². The van der Waals surface area contributed by atoms with Gasteiger partial charge in [-0.1, -0.05) is 19.3 Å². The Hall–Kier alpha value is -0.0800. The standard InChI is InChI=1S/C15H28N2/c1-4-10-17(11-5-1)13-15(8-2-3-9-15)12-16-14-6-7-14/h14,16H,1-13H2. The molecule has 0 bridgehead atoms. The van der Waals surface area contributed by atoms with E-state index in [1.54, 1.807) is 0 Å². The minimum absolute atomic E-state index is 0.639. The summed E-state index contributed by atoms with van der Waals surface area (Å²) in [6.07, 6.45) is 13.1. The molecule has 98 valence electrons. The maximum Gasteiger partial charge on any atom is 0.00684 e. The topological polar surface area (TPSA) is 15.3 Å². The Morgan fingerprint density at radius 3 is 2.29 bits per heavy atom. The van der Waals surface area contributed by atoms with Crippen molar-refractivity contribution < 1.29 is 0 Å². The van der Waals surface area contributed by atoms with Crippen molar-refractivity contribution in [2.75, 3.05) is 26.2 Å². The van der Waals surface area contributed by atoms with Crippen LogP contribution in [0.25, 0.3) is 0 Å². The largest absolute Gasteiger partial charge is 0.313 e. The first-order chi connectivity index (χ1) is 8.36. The summed E-state index contributed by atoms with van der Waals surface area (Å²) in [5.74, 6) is 0. The lowest BCUT2D eigenvalue weighted by Gasteiger charge is -2.37. The van der Waals surface area contributed by atoms with Crippen molar-refractivity contribution in [3.05, 3.63) is 0 Å². The van der Waals surface area contributed by atoms with Gasteiger partial charge in [0.05, 0.1) is 0 Å². The van der Waals surface area contributed by atoms with Gasteiger partial charge < -0.3 is 10.2 Å². The van der Waals surface area contributed by atoms with Gasteiger partial charge in [-0.3, -0.25) is 0 Å². The van der Waals surface area contributed by atoms with Gasteiger partial charge in [0.25, 0.3) is 0 Å². The van der Waals surface area contributed by atoms with E-state index in [0.29, 0.717) is 5.41 Å². The van der Waals surface area contributed by atoms with Gasteiger partial charge >= 0.3 is 0 Å². The summed E-state index contributed by atoms with van der Waals surface area (Å²) < 4.78 is 0. The van der Waals surface area contributed by atoms with E-state index in [2.05, 4.69) is 10.2 Å². The fourth-order valence-electron chi connectivity index (χ4n) is 3.76. The zero-order valence-corrected chi connectivity index (χ0v) is 11.2. The third-order valence-electron chi connectivity index (χ3n) is 5.02. The molecule has 1 N–H and O–H groups in total. The van der Waals surface area contributed by atoms with Crippen LogP contribution in [0.2, 0.25) is 0 Å². The Morgan fingerprint density at radius 1 is 0.941 bits per heavy atom. The van der Waals surface area contributed by atoms with Crippen LogP contribution in [0.1, 0.15) is 57.8 Å². The molecular weight excluding hydrogens is 208 g/mol. The predicted molar refractivity (Wildman–Crippen MR) is 72.2 cm³/mol. The number of piperidine rings is 1. The molecule has 17 heavy (non-hydrogen) atoms. The molecule has 2 saturated carbocycles. The van der Waals surface area contributed by atoms with Crippen LogP contribution in [-0.2, 0) is 0 Å². The second-order valence-corrected chi connectivity index (χ2v) is 6.70. The molecule has 0 aromatic rings. The molecule has 0 aromatic carbocycles. The average molecular weight is 236 g/mol. The van der Waals surface area contributed by atoms with Crippen LogP contribution < -0.4 is 5.32 Å². The highest BCUT2D eigenvalue weighted by atomic mass is 15.1. The van der Waals surface area contributed by atoms with E-state index in [-0.39, 0.29) is 0 Å². The Morgan fingerprint density at radius 2 is 1.65 bits per heavy atom. The number of hydrogen-bond acceptors (Lipinski definition) is 2. The van der Waals surface area contributed by atoms with Gasteiger partial charge in [0, 0.05) is 19.1 Å². The summed E-state index contributed by atoms with van der Waals surface area (Å²) in [5.41, 5.74) is 0.639. The van der Waals surface area contributed by atoms with E-state index < -0.39 is 0 Å². The van der Waals surface area contributed by atoms with E-state index >= 15 is 0 Å². The lowest BCUT2D eigenvalue weighted by Crippen LogP contribution is -2.44. The first-order valence-corrected chi connectivity index (χ1v) is 7.82. The molecule has 0 atom stereocenters. The molecule has 3 rings (SSSR count). The molecule has 0 amide bonds. The summed E-state index contributed by atoms with van der Waals surface area (Å²) in [4.78, 5) is 2.75. The summed E-state index contributed by atoms with van der Waals surface area (Å²) in [5, 5.41) is 3.80. The van der Waals surface area contributed by atoms with Gasteiger partial charge in [0.1, 0.15) is 0 Å². The number of nitrogens with zero attached hydrogens (tertiary/aromatic N) is 1. The molecule has 2 heteroatoms. The molecule has 1 heterocycles. The first-order valence-electron chi connectivity index (χ1n) is 7.82. The molecule has 1 aliphatic heterocycles. The Kier molecular flexibility index (Phi) is 3.72. The summed E-state index contributed by atoms with van der Waals surface area (Å²) >= 11 is 0. The fraction of sp³-hybridized carbons (Fsp3) is 1.00. The number of hydrogen-bond donors (Lipinski definition) is 1. The van der Waals surface area contributed by atoms with Crippen LogP contribution in [-0.4, -0.2) is 37.1 Å². The van der Waals surface area contributed by atoms with Crippen LogP contribution >= 0.6 is 0 Å². The van der Waals surface area contributed by atoms with Crippen LogP contribution in [0.3, 0.4) is 0 Å². The predicted octanol–water partition coefficient (Wildman–Crippen LogP) is 2.78. The molecule has 3 fully saturated rings. The second-order valence-electron chi connectivity index (χ2n) is 6.70. The molecule has 0 aromatic heterocycles. The third kappa shape index (κ3) is 3.23. The van der Waals surface area contributed by atoms with Gasteiger partial charge in [-0.25, -0.2) is 0 Å². The lowest BCUT2D eigenvalue weighted by atomic mass is 9.84. The quantitative estimate of drug-likeness (QED) is 0.789. The van der Waals surface area contributed by atoms with E-state index in [0.717, 1.165) is 6.04 Å². The third-order valence-corrected chi connectivity index (χ3v) is 5.02. The van der Waals surface area contributed by atoms with Crippen molar-refractivity contribution in [2.24, 2.45) is 5.41 Å². The number of likely N-dealkylation sites (tertiary alicyclic amines) is 1. The number of rotatable bonds is 5. The average Bonchev–Trinajstić information content (AvgIpc) is 3.09. The maximum absolute atomic E-state index is 3.80. The minimum Gasteiger partial charge on any atom is -0.313 e. The van der Waals surface area contributed by atoms with Crippen LogP contribution in [0, 0.1) is 5.41 Å². The minimum atomic E-state index is 0.639. The maximum atomic E-state index is 3.80. The van der Waals surface area contributed by atoms with Crippen LogP contribution in [0.4, 0.5) is 0 Å². The molecule has 1 saturated heterocycles. The van der Waals surface area contributed by atoms with E-state index in [1.165, 1.54) is 84.0 Å². The smallest absolute Gasteiger partial charge is 0.00684 e. The van der Waals surface area contributed by atoms with Crippen molar-refractivity contribution in [1.82, 2.24) is 10.2 Å². The Labute approximate surface area is 106 Å². The van der Waals surface area contributed by atoms with E-state index in [9.17, 15) is 0 Å². The molecule has 0 radical (unpaired) electrons. The molecule has 0 spiro atoms. The highest BCUT2D eigenvalue weighted by molar-refractivity contribution is 4.93. The highest BCUT2D eigenvalue weighted by Crippen LogP contribution is 2.39. The molecule has 2 nitrogen and oxygen atoms in total. The highest BCUT2D eigenvalue weighted by Gasteiger charge is 2.37. The fourth-order valence-corrected chi connectivity index (χ4v) is 3.76. The lowest BCUT2D eigenvalue weighted by molar-refractivity contribution is 0.129. The molecule has 3 aliphatic rings. The van der Waals surface area contributed by atoms with Gasteiger partial charge in [-0.15, -0.1) is 0 Å².